The minimum Gasteiger partial charge on any atom is -0.460 e. The Kier molecular flexibility index (Phi) is 4.65. The van der Waals surface area contributed by atoms with E-state index in [2.05, 4.69) is 10.4 Å². The Bertz CT molecular complexity index is 733. The van der Waals surface area contributed by atoms with Crippen LogP contribution in [0.3, 0.4) is 0 Å². The van der Waals surface area contributed by atoms with Crippen LogP contribution in [0.5, 0.6) is 0 Å². The Hall–Kier alpha value is -2.57. The fourth-order valence-electron chi connectivity index (χ4n) is 1.92. The van der Waals surface area contributed by atoms with Gasteiger partial charge < -0.3 is 15.5 Å². The van der Waals surface area contributed by atoms with E-state index in [9.17, 15) is 9.59 Å². The number of aromatic nitrogens is 2. The van der Waals surface area contributed by atoms with Gasteiger partial charge in [0, 0.05) is 6.04 Å². The highest BCUT2D eigenvalue weighted by Crippen LogP contribution is 2.19. The molecule has 2 aromatic rings. The van der Waals surface area contributed by atoms with E-state index in [1.165, 1.54) is 6.07 Å². The molecule has 2 heterocycles. The molecule has 22 heavy (non-hydrogen) atoms. The average molecular weight is 304 g/mol. The number of anilines is 1. The summed E-state index contributed by atoms with van der Waals surface area (Å²) in [6.45, 7) is 5.49. The van der Waals surface area contributed by atoms with Crippen molar-refractivity contribution >= 4 is 11.6 Å². The number of hydrogen-bond donors (Lipinski definition) is 2. The lowest BCUT2D eigenvalue weighted by Gasteiger charge is -2.12. The van der Waals surface area contributed by atoms with Crippen molar-refractivity contribution in [3.8, 4) is 11.5 Å². The fourth-order valence-corrected chi connectivity index (χ4v) is 1.92. The van der Waals surface area contributed by atoms with Gasteiger partial charge in [0.25, 0.3) is 5.56 Å². The quantitative estimate of drug-likeness (QED) is 0.867. The maximum absolute atomic E-state index is 12.0. The molecule has 0 aliphatic rings. The van der Waals surface area contributed by atoms with Crippen LogP contribution in [0, 0.1) is 6.92 Å². The van der Waals surface area contributed by atoms with E-state index < -0.39 is 5.56 Å². The van der Waals surface area contributed by atoms with E-state index >= 15 is 0 Å². The Morgan fingerprint density at radius 2 is 2.23 bits per heavy atom. The average Bonchev–Trinajstić information content (AvgIpc) is 2.90. The van der Waals surface area contributed by atoms with Gasteiger partial charge in [-0.1, -0.05) is 6.92 Å². The number of carbonyl (C=O) groups excluding carboxylic acids is 1. The third-order valence-electron chi connectivity index (χ3n) is 3.31. The summed E-state index contributed by atoms with van der Waals surface area (Å²) in [5.74, 6) is 0.944. The molecular formula is C15H20N4O3. The molecule has 0 spiro atoms. The molecule has 1 amide bonds. The van der Waals surface area contributed by atoms with E-state index in [-0.39, 0.29) is 24.2 Å². The van der Waals surface area contributed by atoms with Crippen LogP contribution in [-0.4, -0.2) is 21.7 Å². The van der Waals surface area contributed by atoms with Crippen molar-refractivity contribution in [3.63, 3.8) is 0 Å². The third-order valence-corrected chi connectivity index (χ3v) is 3.31. The molecule has 0 fully saturated rings. The Morgan fingerprint density at radius 3 is 2.82 bits per heavy atom. The summed E-state index contributed by atoms with van der Waals surface area (Å²) >= 11 is 0. The fraction of sp³-hybridized carbons (Fsp3) is 0.400. The van der Waals surface area contributed by atoms with E-state index in [1.807, 2.05) is 20.8 Å². The van der Waals surface area contributed by atoms with Gasteiger partial charge in [-0.25, -0.2) is 4.68 Å². The summed E-state index contributed by atoms with van der Waals surface area (Å²) in [7, 11) is 0. The first-order chi connectivity index (χ1) is 10.4. The zero-order valence-corrected chi connectivity index (χ0v) is 12.9. The number of carbonyl (C=O) groups is 1. The van der Waals surface area contributed by atoms with Crippen LogP contribution in [0.4, 0.5) is 5.69 Å². The number of nitrogen functional groups attached to an aromatic ring is 1. The molecule has 0 aliphatic carbocycles. The molecule has 0 saturated heterocycles. The predicted octanol–water partition coefficient (Wildman–Crippen LogP) is 1.31. The van der Waals surface area contributed by atoms with Crippen molar-refractivity contribution in [1.82, 2.24) is 15.1 Å². The number of amides is 1. The Balaban J connectivity index is 2.29. The van der Waals surface area contributed by atoms with E-state index in [4.69, 9.17) is 10.2 Å². The first-order valence-electron chi connectivity index (χ1n) is 7.14. The second kappa shape index (κ2) is 6.46. The van der Waals surface area contributed by atoms with Crippen molar-refractivity contribution in [2.75, 3.05) is 5.73 Å². The van der Waals surface area contributed by atoms with Crippen LogP contribution in [0.15, 0.2) is 27.4 Å². The molecule has 0 aromatic carbocycles. The minimum atomic E-state index is -0.494. The van der Waals surface area contributed by atoms with Gasteiger partial charge in [-0.05, 0) is 38.5 Å². The first kappa shape index (κ1) is 15.8. The molecule has 0 radical (unpaired) electrons. The largest absolute Gasteiger partial charge is 0.460 e. The van der Waals surface area contributed by atoms with Crippen LogP contribution in [0.1, 0.15) is 26.0 Å². The Labute approximate surface area is 128 Å². The predicted molar refractivity (Wildman–Crippen MR) is 83.2 cm³/mol. The summed E-state index contributed by atoms with van der Waals surface area (Å²) in [5, 5.41) is 6.94. The van der Waals surface area contributed by atoms with Crippen molar-refractivity contribution in [3.05, 3.63) is 34.3 Å². The summed E-state index contributed by atoms with van der Waals surface area (Å²) < 4.78 is 6.53. The number of hydrogen-bond acceptors (Lipinski definition) is 5. The number of nitrogens with one attached hydrogen (secondary N) is 1. The van der Waals surface area contributed by atoms with Gasteiger partial charge in [0.15, 0.2) is 5.76 Å². The highest BCUT2D eigenvalue weighted by molar-refractivity contribution is 5.76. The van der Waals surface area contributed by atoms with Crippen molar-refractivity contribution in [1.29, 1.82) is 0 Å². The molecule has 118 valence electrons. The van der Waals surface area contributed by atoms with Crippen LogP contribution < -0.4 is 16.6 Å². The molecule has 1 atom stereocenters. The number of rotatable bonds is 5. The van der Waals surface area contributed by atoms with Gasteiger partial charge in [0.1, 0.15) is 23.7 Å². The second-order valence-electron chi connectivity index (χ2n) is 5.23. The van der Waals surface area contributed by atoms with Crippen molar-refractivity contribution < 1.29 is 9.21 Å². The van der Waals surface area contributed by atoms with Gasteiger partial charge in [-0.15, -0.1) is 0 Å². The lowest BCUT2D eigenvalue weighted by Crippen LogP contribution is -2.38. The summed E-state index contributed by atoms with van der Waals surface area (Å²) in [5.41, 5.74) is 5.67. The summed E-state index contributed by atoms with van der Waals surface area (Å²) in [6.07, 6.45) is 0.807. The lowest BCUT2D eigenvalue weighted by molar-refractivity contribution is -0.122. The summed E-state index contributed by atoms with van der Waals surface area (Å²) in [6, 6.07) is 5.02. The molecule has 7 nitrogen and oxygen atoms in total. The molecule has 7 heteroatoms. The van der Waals surface area contributed by atoms with Gasteiger partial charge in [-0.2, -0.15) is 5.10 Å². The lowest BCUT2D eigenvalue weighted by atomic mass is 10.2. The van der Waals surface area contributed by atoms with Crippen molar-refractivity contribution in [2.45, 2.75) is 39.8 Å². The molecule has 3 N–H and O–H groups in total. The van der Waals surface area contributed by atoms with Gasteiger partial charge in [0.2, 0.25) is 5.91 Å². The molecule has 0 saturated carbocycles. The third kappa shape index (κ3) is 3.55. The maximum Gasteiger partial charge on any atom is 0.290 e. The second-order valence-corrected chi connectivity index (χ2v) is 5.23. The number of nitrogens with zero attached hydrogens (tertiary/aromatic N) is 2. The minimum absolute atomic E-state index is 0.0235. The zero-order chi connectivity index (χ0) is 16.3. The maximum atomic E-state index is 12.0. The number of nitrogens with two attached hydrogens (primary N) is 1. The topological polar surface area (TPSA) is 103 Å². The smallest absolute Gasteiger partial charge is 0.290 e. The highest BCUT2D eigenvalue weighted by atomic mass is 16.3. The van der Waals surface area contributed by atoms with Gasteiger partial charge in [0.05, 0.1) is 0 Å². The molecule has 0 unspecified atom stereocenters. The first-order valence-corrected chi connectivity index (χ1v) is 7.14. The van der Waals surface area contributed by atoms with Gasteiger partial charge >= 0.3 is 0 Å². The zero-order valence-electron chi connectivity index (χ0n) is 12.9. The number of aryl methyl sites for hydroxylation is 1. The van der Waals surface area contributed by atoms with E-state index in [0.29, 0.717) is 11.5 Å². The molecular weight excluding hydrogens is 284 g/mol. The Morgan fingerprint density at radius 1 is 1.50 bits per heavy atom. The van der Waals surface area contributed by atoms with Crippen LogP contribution in [0.2, 0.25) is 0 Å². The standard InChI is InChI=1S/C15H20N4O3/c1-4-9(2)17-14(20)8-19-15(21)11(16)7-12(18-19)13-6-5-10(3)22-13/h5-7,9H,4,8,16H2,1-3H3,(H,17,20)/t9-/m1/s1. The highest BCUT2D eigenvalue weighted by Gasteiger charge is 2.13. The van der Waals surface area contributed by atoms with E-state index in [1.54, 1.807) is 12.1 Å². The molecule has 0 bridgehead atoms. The van der Waals surface area contributed by atoms with Crippen LogP contribution in [-0.2, 0) is 11.3 Å². The summed E-state index contributed by atoms with van der Waals surface area (Å²) in [4.78, 5) is 23.9. The molecule has 2 aromatic heterocycles. The molecule has 0 aliphatic heterocycles. The SMILES string of the molecule is CC[C@@H](C)NC(=O)Cn1nc(-c2ccc(C)o2)cc(N)c1=O. The van der Waals surface area contributed by atoms with Crippen molar-refractivity contribution in [2.24, 2.45) is 0 Å². The van der Waals surface area contributed by atoms with Gasteiger partial charge in [-0.3, -0.25) is 9.59 Å². The monoisotopic (exact) mass is 304 g/mol. The van der Waals surface area contributed by atoms with Crippen LogP contribution in [0.25, 0.3) is 11.5 Å². The molecule has 2 rings (SSSR count). The van der Waals surface area contributed by atoms with E-state index in [0.717, 1.165) is 16.9 Å². The number of furan rings is 1. The normalized spacial score (nSPS) is 12.1. The van der Waals surface area contributed by atoms with Crippen LogP contribution >= 0.6 is 0 Å².